The molecule has 0 radical (unpaired) electrons. The van der Waals surface area contributed by atoms with E-state index in [0.717, 1.165) is 0 Å². The summed E-state index contributed by atoms with van der Waals surface area (Å²) < 4.78 is 38.3. The van der Waals surface area contributed by atoms with Crippen LogP contribution in [0.5, 0.6) is 0 Å². The molecule has 0 atom stereocenters. The quantitative estimate of drug-likeness (QED) is 0.308. The van der Waals surface area contributed by atoms with Crippen LogP contribution in [-0.4, -0.2) is 17.5 Å². The minimum Gasteiger partial charge on any atom is -0.264 e. The molecule has 2 N–H and O–H groups in total. The van der Waals surface area contributed by atoms with E-state index >= 15 is 0 Å². The third-order valence-electron chi connectivity index (χ3n) is 4.24. The normalized spacial score (nSPS) is 11.9. The first-order valence-corrected chi connectivity index (χ1v) is 14.8. The van der Waals surface area contributed by atoms with Crippen LogP contribution >= 0.6 is 0 Å². The summed E-state index contributed by atoms with van der Waals surface area (Å²) in [4.78, 5) is 0. The molecule has 0 unspecified atom stereocenters. The summed E-state index contributed by atoms with van der Waals surface area (Å²) in [6, 6.07) is 0. The minimum absolute atomic E-state index is 1.41. The second-order valence-electron chi connectivity index (χ2n) is 6.36. The van der Waals surface area contributed by atoms with Gasteiger partial charge in [-0.1, -0.05) is 0 Å². The summed E-state index contributed by atoms with van der Waals surface area (Å²) in [5.74, 6) is 0. The molecule has 0 heterocycles. The molecule has 0 fully saturated rings. The van der Waals surface area contributed by atoms with E-state index < -0.39 is 27.0 Å². The van der Waals surface area contributed by atoms with Crippen molar-refractivity contribution >= 4 is 10.4 Å². The van der Waals surface area contributed by atoms with Crippen LogP contribution < -0.4 is 0 Å². The molecule has 0 amide bonds. The fraction of sp³-hybridized carbons (Fsp3) is 1.00. The molecule has 0 aromatic carbocycles. The Balaban J connectivity index is 0. The fourth-order valence-corrected chi connectivity index (χ4v) is 12.2. The van der Waals surface area contributed by atoms with Crippen molar-refractivity contribution < 1.29 is 34.1 Å². The van der Waals surface area contributed by atoms with Gasteiger partial charge in [0.2, 0.25) is 0 Å². The number of hydrogen-bond acceptors (Lipinski definition) is 2. The summed E-state index contributed by atoms with van der Waals surface area (Å²) >= 11 is -1.43. The van der Waals surface area contributed by atoms with E-state index in [0.29, 0.717) is 0 Å². The summed E-state index contributed by atoms with van der Waals surface area (Å²) in [6.07, 6.45) is 11.8. The van der Waals surface area contributed by atoms with Crippen LogP contribution in [0.25, 0.3) is 0 Å². The van der Waals surface area contributed by atoms with Crippen LogP contribution in [0.15, 0.2) is 0 Å². The summed E-state index contributed by atoms with van der Waals surface area (Å²) in [5.41, 5.74) is 0. The van der Waals surface area contributed by atoms with Crippen molar-refractivity contribution in [3.8, 4) is 0 Å². The zero-order valence-corrected chi connectivity index (χ0v) is 17.5. The second-order valence-corrected chi connectivity index (χ2v) is 15.1. The van der Waals surface area contributed by atoms with Gasteiger partial charge in [0.25, 0.3) is 0 Å². The Labute approximate surface area is 142 Å². The van der Waals surface area contributed by atoms with Crippen LogP contribution in [0.4, 0.5) is 0 Å². The maximum Gasteiger partial charge on any atom is 0.394 e. The first-order valence-electron chi connectivity index (χ1n) is 8.94. The number of hydrogen-bond donors (Lipinski definition) is 2. The molecule has 0 saturated heterocycles. The zero-order valence-electron chi connectivity index (χ0n) is 15.1. The average molecular weight is 374 g/mol. The van der Waals surface area contributed by atoms with Crippen LogP contribution in [0.1, 0.15) is 79.1 Å². The molecule has 136 valence electrons. The van der Waals surface area contributed by atoms with E-state index in [-0.39, 0.29) is 0 Å². The Kier molecular flexibility index (Phi) is 17.1. The molecular weight excluding hydrogens is 336 g/mol. The van der Waals surface area contributed by atoms with Gasteiger partial charge in [-0.2, -0.15) is 8.42 Å². The van der Waals surface area contributed by atoms with Gasteiger partial charge in [0.05, 0.1) is 0 Å². The number of unbranched alkanes of at least 4 members (excludes halogenated alkanes) is 4. The molecule has 6 heteroatoms. The van der Waals surface area contributed by atoms with Gasteiger partial charge in [-0.05, 0) is 0 Å². The molecular formula is C16H38O4STi. The summed E-state index contributed by atoms with van der Waals surface area (Å²) in [5, 5.41) is 0. The maximum atomic E-state index is 8.74. The zero-order chi connectivity index (χ0) is 17.5. The minimum atomic E-state index is -4.67. The van der Waals surface area contributed by atoms with Crippen LogP contribution in [0.2, 0.25) is 18.9 Å². The topological polar surface area (TPSA) is 74.6 Å². The van der Waals surface area contributed by atoms with Crippen molar-refractivity contribution in [3.05, 3.63) is 0 Å². The van der Waals surface area contributed by atoms with Crippen molar-refractivity contribution in [1.29, 1.82) is 0 Å². The van der Waals surface area contributed by atoms with Crippen LogP contribution in [0, 0.1) is 0 Å². The largest absolute Gasteiger partial charge is 0.394 e. The number of rotatable bonds is 12. The first kappa shape index (κ1) is 24.8. The molecule has 0 bridgehead atoms. The molecule has 0 aliphatic rings. The van der Waals surface area contributed by atoms with E-state index in [1.54, 1.807) is 18.9 Å². The molecule has 0 saturated carbocycles. The van der Waals surface area contributed by atoms with Gasteiger partial charge in [-0.3, -0.25) is 9.11 Å². The van der Waals surface area contributed by atoms with Crippen molar-refractivity contribution in [3.63, 3.8) is 0 Å². The standard InChI is InChI=1S/4C4H9.H2O4S.Ti/c4*1-3-4-2;1-5(2,3)4;/h4*1,3-4H2,2H3;(H2,1,2,3,4);. The van der Waals surface area contributed by atoms with E-state index in [2.05, 4.69) is 27.7 Å². The molecule has 0 aromatic rings. The Morgan fingerprint density at radius 2 is 0.818 bits per heavy atom. The predicted octanol–water partition coefficient (Wildman–Crippen LogP) is 6.36. The molecule has 0 aromatic heterocycles. The van der Waals surface area contributed by atoms with Crippen LogP contribution in [-0.2, 0) is 27.0 Å². The third kappa shape index (κ3) is 18.6. The Morgan fingerprint density at radius 1 is 0.636 bits per heavy atom. The maximum absolute atomic E-state index is 8.74. The van der Waals surface area contributed by atoms with E-state index in [9.17, 15) is 0 Å². The molecule has 0 aliphatic heterocycles. The van der Waals surface area contributed by atoms with E-state index in [1.165, 1.54) is 51.4 Å². The van der Waals surface area contributed by atoms with Crippen LogP contribution in [0.3, 0.4) is 0 Å². The summed E-state index contributed by atoms with van der Waals surface area (Å²) in [6.45, 7) is 9.47. The van der Waals surface area contributed by atoms with Crippen molar-refractivity contribution in [2.75, 3.05) is 0 Å². The SMILES string of the molecule is CCC[CH2][Ti]([CH2]CCC)([CH2]CCC)[CH2]CCC.O=S(=O)(O)O. The van der Waals surface area contributed by atoms with Gasteiger partial charge in [-0.25, -0.2) is 0 Å². The Hall–Kier alpha value is 0.584. The van der Waals surface area contributed by atoms with Gasteiger partial charge in [-0.15, -0.1) is 0 Å². The second kappa shape index (κ2) is 15.1. The van der Waals surface area contributed by atoms with E-state index in [1.807, 2.05) is 0 Å². The Bertz CT molecular complexity index is 286. The fourth-order valence-electron chi connectivity index (χ4n) is 2.96. The van der Waals surface area contributed by atoms with Gasteiger partial charge >= 0.3 is 125 Å². The molecule has 0 aliphatic carbocycles. The predicted molar refractivity (Wildman–Crippen MR) is 93.0 cm³/mol. The molecule has 0 spiro atoms. The monoisotopic (exact) mass is 374 g/mol. The van der Waals surface area contributed by atoms with E-state index in [4.69, 9.17) is 17.5 Å². The smallest absolute Gasteiger partial charge is 0.264 e. The molecule has 4 nitrogen and oxygen atoms in total. The average Bonchev–Trinajstić information content (AvgIpc) is 2.44. The summed E-state index contributed by atoms with van der Waals surface area (Å²) in [7, 11) is -4.67. The van der Waals surface area contributed by atoms with Crippen molar-refractivity contribution in [1.82, 2.24) is 0 Å². The van der Waals surface area contributed by atoms with Gasteiger partial charge in [0.1, 0.15) is 0 Å². The van der Waals surface area contributed by atoms with Crippen molar-refractivity contribution in [2.24, 2.45) is 0 Å². The van der Waals surface area contributed by atoms with Gasteiger partial charge < -0.3 is 0 Å². The van der Waals surface area contributed by atoms with Gasteiger partial charge in [0, 0.05) is 0 Å². The van der Waals surface area contributed by atoms with Gasteiger partial charge in [0.15, 0.2) is 0 Å². The molecule has 22 heavy (non-hydrogen) atoms. The molecule has 0 rings (SSSR count). The third-order valence-corrected chi connectivity index (χ3v) is 13.1. The Morgan fingerprint density at radius 3 is 0.955 bits per heavy atom. The first-order chi connectivity index (χ1) is 10.2. The van der Waals surface area contributed by atoms with Crippen molar-refractivity contribution in [2.45, 2.75) is 98.0 Å².